The molecule has 1 atom stereocenters. The first-order chi connectivity index (χ1) is 7.29. The van der Waals surface area contributed by atoms with E-state index < -0.39 is 0 Å². The van der Waals surface area contributed by atoms with Gasteiger partial charge in [0.1, 0.15) is 0 Å². The van der Waals surface area contributed by atoms with Gasteiger partial charge >= 0.3 is 0 Å². The van der Waals surface area contributed by atoms with Gasteiger partial charge in [0.05, 0.1) is 6.54 Å². The lowest BCUT2D eigenvalue weighted by Gasteiger charge is -2.25. The molecule has 1 saturated heterocycles. The van der Waals surface area contributed by atoms with Crippen LogP contribution in [0.25, 0.3) is 0 Å². The van der Waals surface area contributed by atoms with Gasteiger partial charge in [-0.05, 0) is 19.5 Å². The van der Waals surface area contributed by atoms with E-state index in [0.29, 0.717) is 11.9 Å². The molecule has 1 aliphatic heterocycles. The van der Waals surface area contributed by atoms with Gasteiger partial charge in [0, 0.05) is 19.5 Å². The predicted octanol–water partition coefficient (Wildman–Crippen LogP) is 0.562. The maximum Gasteiger partial charge on any atom is 0.223 e. The largest absolute Gasteiger partial charge is 0.340 e. The molecular formula is C10H18N4O. The molecule has 5 nitrogen and oxygen atoms in total. The number of likely N-dealkylation sites (N-methyl/N-ethyl adjacent to an activating group) is 1. The van der Waals surface area contributed by atoms with E-state index in [9.17, 15) is 0 Å². The van der Waals surface area contributed by atoms with Gasteiger partial charge in [-0.15, -0.1) is 0 Å². The van der Waals surface area contributed by atoms with Gasteiger partial charge in [0.15, 0.2) is 5.82 Å². The summed E-state index contributed by atoms with van der Waals surface area (Å²) in [6, 6.07) is 0.619. The summed E-state index contributed by atoms with van der Waals surface area (Å²) in [4.78, 5) is 6.62. The lowest BCUT2D eigenvalue weighted by Crippen LogP contribution is -2.36. The minimum absolute atomic E-state index is 0.619. The van der Waals surface area contributed by atoms with Crippen LogP contribution >= 0.6 is 0 Å². The van der Waals surface area contributed by atoms with E-state index in [-0.39, 0.29) is 0 Å². The van der Waals surface area contributed by atoms with Gasteiger partial charge < -0.3 is 9.84 Å². The third kappa shape index (κ3) is 2.54. The molecule has 1 N–H and O–H groups in total. The molecule has 15 heavy (non-hydrogen) atoms. The molecule has 0 aromatic carbocycles. The molecule has 0 aliphatic carbocycles. The molecule has 5 heteroatoms. The van der Waals surface area contributed by atoms with E-state index in [1.165, 1.54) is 6.42 Å². The van der Waals surface area contributed by atoms with Gasteiger partial charge in [0.25, 0.3) is 0 Å². The van der Waals surface area contributed by atoms with Crippen molar-refractivity contribution in [3.63, 3.8) is 0 Å². The van der Waals surface area contributed by atoms with Crippen LogP contribution in [0.1, 0.15) is 25.1 Å². The highest BCUT2D eigenvalue weighted by Gasteiger charge is 2.22. The molecule has 0 saturated carbocycles. The second-order valence-electron chi connectivity index (χ2n) is 3.94. The number of nitrogens with zero attached hydrogens (tertiary/aromatic N) is 3. The second kappa shape index (κ2) is 4.72. The lowest BCUT2D eigenvalue weighted by atomic mass is 10.2. The zero-order valence-corrected chi connectivity index (χ0v) is 9.36. The molecule has 1 aliphatic rings. The Bertz CT molecular complexity index is 306. The minimum Gasteiger partial charge on any atom is -0.340 e. The number of hydrogen-bond donors (Lipinski definition) is 1. The van der Waals surface area contributed by atoms with Gasteiger partial charge in [0.2, 0.25) is 5.89 Å². The Balaban J connectivity index is 1.95. The van der Waals surface area contributed by atoms with Gasteiger partial charge in [-0.1, -0.05) is 12.1 Å². The van der Waals surface area contributed by atoms with E-state index in [2.05, 4.69) is 27.3 Å². The molecule has 1 unspecified atom stereocenters. The molecular weight excluding hydrogens is 192 g/mol. The SMILES string of the molecule is CCN(Cc1noc(C)n1)C1CCNC1. The average Bonchev–Trinajstić information content (AvgIpc) is 2.85. The lowest BCUT2D eigenvalue weighted by molar-refractivity contribution is 0.202. The molecule has 84 valence electrons. The van der Waals surface area contributed by atoms with E-state index in [1.807, 2.05) is 6.92 Å². The molecule has 0 radical (unpaired) electrons. The first kappa shape index (κ1) is 10.6. The van der Waals surface area contributed by atoms with Crippen molar-refractivity contribution in [3.05, 3.63) is 11.7 Å². The van der Waals surface area contributed by atoms with Crippen LogP contribution in [0, 0.1) is 6.92 Å². The van der Waals surface area contributed by atoms with E-state index >= 15 is 0 Å². The zero-order chi connectivity index (χ0) is 10.7. The molecule has 1 fully saturated rings. The fraction of sp³-hybridized carbons (Fsp3) is 0.800. The number of rotatable bonds is 4. The van der Waals surface area contributed by atoms with Crippen molar-refractivity contribution in [1.82, 2.24) is 20.4 Å². The Morgan fingerprint density at radius 2 is 2.47 bits per heavy atom. The molecule has 1 aromatic heterocycles. The van der Waals surface area contributed by atoms with Gasteiger partial charge in [-0.2, -0.15) is 4.98 Å². The average molecular weight is 210 g/mol. The van der Waals surface area contributed by atoms with Crippen LogP contribution in [0.3, 0.4) is 0 Å². The number of hydrogen-bond acceptors (Lipinski definition) is 5. The molecule has 2 rings (SSSR count). The Kier molecular flexibility index (Phi) is 3.33. The first-order valence-electron chi connectivity index (χ1n) is 5.53. The standard InChI is InChI=1S/C10H18N4O/c1-3-14(9-4-5-11-6-9)7-10-12-8(2)15-13-10/h9,11H,3-7H2,1-2H3. The zero-order valence-electron chi connectivity index (χ0n) is 9.36. The Morgan fingerprint density at radius 1 is 1.60 bits per heavy atom. The summed E-state index contributed by atoms with van der Waals surface area (Å²) in [5, 5.41) is 7.30. The molecule has 1 aromatic rings. The third-order valence-corrected chi connectivity index (χ3v) is 2.87. The third-order valence-electron chi connectivity index (χ3n) is 2.87. The van der Waals surface area contributed by atoms with Crippen molar-refractivity contribution >= 4 is 0 Å². The van der Waals surface area contributed by atoms with Crippen molar-refractivity contribution < 1.29 is 4.52 Å². The molecule has 0 spiro atoms. The molecule has 0 bridgehead atoms. The molecule has 0 amide bonds. The van der Waals surface area contributed by atoms with Crippen LogP contribution in [0.4, 0.5) is 0 Å². The Labute approximate surface area is 89.8 Å². The number of aryl methyl sites for hydroxylation is 1. The highest BCUT2D eigenvalue weighted by atomic mass is 16.5. The fourth-order valence-electron chi connectivity index (χ4n) is 2.04. The summed E-state index contributed by atoms with van der Waals surface area (Å²) in [6.45, 7) is 8.01. The van der Waals surface area contributed by atoms with Crippen molar-refractivity contribution in [2.75, 3.05) is 19.6 Å². The van der Waals surface area contributed by atoms with E-state index in [4.69, 9.17) is 4.52 Å². The van der Waals surface area contributed by atoms with E-state index in [1.54, 1.807) is 0 Å². The quantitative estimate of drug-likeness (QED) is 0.787. The fourth-order valence-corrected chi connectivity index (χ4v) is 2.04. The highest BCUT2D eigenvalue weighted by Crippen LogP contribution is 2.11. The van der Waals surface area contributed by atoms with Crippen LogP contribution in [0.15, 0.2) is 4.52 Å². The Morgan fingerprint density at radius 3 is 3.00 bits per heavy atom. The normalized spacial score (nSPS) is 21.4. The number of aromatic nitrogens is 2. The summed E-state index contributed by atoms with van der Waals surface area (Å²) in [5.74, 6) is 1.44. The first-order valence-corrected chi connectivity index (χ1v) is 5.53. The van der Waals surface area contributed by atoms with Crippen LogP contribution in [0.2, 0.25) is 0 Å². The van der Waals surface area contributed by atoms with Crippen LogP contribution in [-0.4, -0.2) is 40.7 Å². The number of nitrogens with one attached hydrogen (secondary N) is 1. The van der Waals surface area contributed by atoms with Gasteiger partial charge in [-0.3, -0.25) is 4.90 Å². The second-order valence-corrected chi connectivity index (χ2v) is 3.94. The van der Waals surface area contributed by atoms with Crippen molar-refractivity contribution in [2.45, 2.75) is 32.9 Å². The maximum absolute atomic E-state index is 4.97. The Hall–Kier alpha value is -0.940. The predicted molar refractivity (Wildman–Crippen MR) is 56.4 cm³/mol. The monoisotopic (exact) mass is 210 g/mol. The van der Waals surface area contributed by atoms with Crippen LogP contribution < -0.4 is 5.32 Å². The highest BCUT2D eigenvalue weighted by molar-refractivity contribution is 4.87. The minimum atomic E-state index is 0.619. The smallest absolute Gasteiger partial charge is 0.223 e. The summed E-state index contributed by atoms with van der Waals surface area (Å²) in [6.07, 6.45) is 1.21. The maximum atomic E-state index is 4.97. The summed E-state index contributed by atoms with van der Waals surface area (Å²) in [5.41, 5.74) is 0. The summed E-state index contributed by atoms with van der Waals surface area (Å²) >= 11 is 0. The van der Waals surface area contributed by atoms with Crippen molar-refractivity contribution in [1.29, 1.82) is 0 Å². The molecule has 2 heterocycles. The van der Waals surface area contributed by atoms with Gasteiger partial charge in [-0.25, -0.2) is 0 Å². The van der Waals surface area contributed by atoms with E-state index in [0.717, 1.165) is 32.0 Å². The topological polar surface area (TPSA) is 54.2 Å². The van der Waals surface area contributed by atoms with Crippen LogP contribution in [0.5, 0.6) is 0 Å². The van der Waals surface area contributed by atoms with Crippen molar-refractivity contribution in [3.8, 4) is 0 Å². The summed E-state index contributed by atoms with van der Waals surface area (Å²) in [7, 11) is 0. The van der Waals surface area contributed by atoms with Crippen LogP contribution in [-0.2, 0) is 6.54 Å². The summed E-state index contributed by atoms with van der Waals surface area (Å²) < 4.78 is 4.97. The van der Waals surface area contributed by atoms with Crippen molar-refractivity contribution in [2.24, 2.45) is 0 Å².